The number of hydrogen-bond acceptors (Lipinski definition) is 8. The van der Waals surface area contributed by atoms with Crippen LogP contribution in [-0.4, -0.2) is 81.8 Å². The van der Waals surface area contributed by atoms with Crippen LogP contribution in [0.2, 0.25) is 0 Å². The Labute approximate surface area is 179 Å². The van der Waals surface area contributed by atoms with Crippen molar-refractivity contribution >= 4 is 29.6 Å². The number of carboxylic acids is 1. The van der Waals surface area contributed by atoms with E-state index in [0.29, 0.717) is 6.42 Å². The molecule has 0 radical (unpaired) electrons. The number of hydrogen-bond donors (Lipinski definition) is 8. The largest absolute Gasteiger partial charge is 0.480 e. The molecule has 13 heteroatoms. The monoisotopic (exact) mass is 447 g/mol. The second kappa shape index (κ2) is 13.5. The molecule has 178 valence electrons. The highest BCUT2D eigenvalue weighted by atomic mass is 16.4. The van der Waals surface area contributed by atoms with Crippen LogP contribution in [0, 0.1) is 5.92 Å². The average Bonchev–Trinajstić information content (AvgIpc) is 2.70. The minimum atomic E-state index is -1.55. The zero-order valence-electron chi connectivity index (χ0n) is 17.8. The van der Waals surface area contributed by atoms with Gasteiger partial charge in [-0.1, -0.05) is 20.3 Å². The van der Waals surface area contributed by atoms with Crippen molar-refractivity contribution in [3.05, 3.63) is 0 Å². The summed E-state index contributed by atoms with van der Waals surface area (Å²) < 4.78 is 0. The molecule has 0 aliphatic carbocycles. The molecule has 0 aliphatic rings. The Morgan fingerprint density at radius 2 is 1.48 bits per heavy atom. The van der Waals surface area contributed by atoms with Crippen LogP contribution < -0.4 is 27.4 Å². The van der Waals surface area contributed by atoms with Gasteiger partial charge in [-0.05, 0) is 19.3 Å². The number of nitrogens with one attached hydrogen (secondary N) is 3. The summed E-state index contributed by atoms with van der Waals surface area (Å²) in [5.41, 5.74) is 10.6. The van der Waals surface area contributed by atoms with Gasteiger partial charge in [0.2, 0.25) is 23.6 Å². The molecule has 0 fully saturated rings. The lowest BCUT2D eigenvalue weighted by atomic mass is 9.98. The molecule has 0 aliphatic heterocycles. The smallest absolute Gasteiger partial charge is 0.326 e. The van der Waals surface area contributed by atoms with E-state index in [-0.39, 0.29) is 12.8 Å². The number of rotatable bonds is 14. The van der Waals surface area contributed by atoms with Gasteiger partial charge >= 0.3 is 5.97 Å². The van der Waals surface area contributed by atoms with Crippen molar-refractivity contribution in [3.63, 3.8) is 0 Å². The molecule has 0 saturated carbocycles. The molecular weight excluding hydrogens is 414 g/mol. The Balaban J connectivity index is 5.18. The van der Waals surface area contributed by atoms with Gasteiger partial charge in [-0.15, -0.1) is 0 Å². The molecule has 10 N–H and O–H groups in total. The Morgan fingerprint density at radius 3 is 1.90 bits per heavy atom. The maximum Gasteiger partial charge on any atom is 0.326 e. The Bertz CT molecular complexity index is 657. The Hall–Kier alpha value is -2.77. The summed E-state index contributed by atoms with van der Waals surface area (Å²) in [6.07, 6.45) is -1.19. The third-order valence-corrected chi connectivity index (χ3v) is 4.69. The van der Waals surface area contributed by atoms with Gasteiger partial charge in [-0.25, -0.2) is 4.79 Å². The van der Waals surface area contributed by atoms with E-state index in [9.17, 15) is 39.3 Å². The van der Waals surface area contributed by atoms with E-state index in [1.54, 1.807) is 13.8 Å². The van der Waals surface area contributed by atoms with Crippen molar-refractivity contribution < 1.29 is 39.3 Å². The first-order valence-corrected chi connectivity index (χ1v) is 9.82. The molecule has 0 aromatic rings. The summed E-state index contributed by atoms with van der Waals surface area (Å²) in [6.45, 7) is 3.71. The molecule has 0 rings (SSSR count). The van der Waals surface area contributed by atoms with E-state index in [1.165, 1.54) is 6.92 Å². The lowest BCUT2D eigenvalue weighted by Crippen LogP contribution is -2.61. The molecule has 0 heterocycles. The quantitative estimate of drug-likeness (QED) is 0.132. The first-order chi connectivity index (χ1) is 14.3. The van der Waals surface area contributed by atoms with E-state index in [2.05, 4.69) is 16.0 Å². The maximum atomic E-state index is 12.5. The fourth-order valence-electron chi connectivity index (χ4n) is 2.49. The van der Waals surface area contributed by atoms with Crippen LogP contribution in [-0.2, 0) is 24.0 Å². The zero-order valence-corrected chi connectivity index (χ0v) is 17.8. The van der Waals surface area contributed by atoms with Gasteiger partial charge in [0.15, 0.2) is 0 Å². The summed E-state index contributed by atoms with van der Waals surface area (Å²) in [5, 5.41) is 35.2. The van der Waals surface area contributed by atoms with Crippen molar-refractivity contribution in [2.75, 3.05) is 6.61 Å². The van der Waals surface area contributed by atoms with Crippen LogP contribution in [0.25, 0.3) is 0 Å². The molecule has 6 atom stereocenters. The van der Waals surface area contributed by atoms with Crippen LogP contribution in [0.1, 0.15) is 40.0 Å². The van der Waals surface area contributed by atoms with Crippen LogP contribution in [0.4, 0.5) is 0 Å². The lowest BCUT2D eigenvalue weighted by molar-refractivity contribution is -0.144. The Morgan fingerprint density at radius 1 is 0.935 bits per heavy atom. The third-order valence-electron chi connectivity index (χ3n) is 4.69. The topological polar surface area (TPSA) is 234 Å². The second-order valence-electron chi connectivity index (χ2n) is 7.29. The summed E-state index contributed by atoms with van der Waals surface area (Å²) >= 11 is 0. The number of aliphatic hydroxyl groups is 2. The number of amides is 4. The summed E-state index contributed by atoms with van der Waals surface area (Å²) in [5.74, 6) is -5.15. The van der Waals surface area contributed by atoms with Crippen LogP contribution >= 0.6 is 0 Å². The Kier molecular flexibility index (Phi) is 12.3. The fourth-order valence-corrected chi connectivity index (χ4v) is 2.49. The van der Waals surface area contributed by atoms with Gasteiger partial charge in [-0.2, -0.15) is 0 Å². The zero-order chi connectivity index (χ0) is 24.3. The van der Waals surface area contributed by atoms with Crippen molar-refractivity contribution in [3.8, 4) is 0 Å². The predicted octanol–water partition coefficient (Wildman–Crippen LogP) is -3.46. The van der Waals surface area contributed by atoms with Crippen molar-refractivity contribution in [2.45, 2.75) is 70.3 Å². The molecule has 0 spiro atoms. The normalized spacial score (nSPS) is 16.7. The number of carbonyl (C=O) groups is 5. The molecule has 0 bridgehead atoms. The predicted molar refractivity (Wildman–Crippen MR) is 108 cm³/mol. The highest BCUT2D eigenvalue weighted by Gasteiger charge is 2.33. The summed E-state index contributed by atoms with van der Waals surface area (Å²) in [4.78, 5) is 59.1. The molecule has 4 amide bonds. The van der Waals surface area contributed by atoms with Gasteiger partial charge < -0.3 is 42.7 Å². The van der Waals surface area contributed by atoms with Gasteiger partial charge in [0.1, 0.15) is 18.1 Å². The van der Waals surface area contributed by atoms with Crippen molar-refractivity contribution in [1.29, 1.82) is 0 Å². The first kappa shape index (κ1) is 28.2. The van der Waals surface area contributed by atoms with Gasteiger partial charge in [0, 0.05) is 6.42 Å². The molecule has 0 aromatic heterocycles. The highest BCUT2D eigenvalue weighted by molar-refractivity contribution is 5.94. The SMILES string of the molecule is CCC(C)C(NC(=O)C(NC(=O)C(CO)NC(=O)C(N)CCC(N)=O)C(C)O)C(=O)O. The lowest BCUT2D eigenvalue weighted by Gasteiger charge is -2.27. The van der Waals surface area contributed by atoms with Crippen molar-refractivity contribution in [1.82, 2.24) is 16.0 Å². The van der Waals surface area contributed by atoms with Gasteiger partial charge in [0.05, 0.1) is 18.8 Å². The fraction of sp³-hybridized carbons (Fsp3) is 0.722. The molecule has 13 nitrogen and oxygen atoms in total. The minimum absolute atomic E-state index is 0.0776. The van der Waals surface area contributed by atoms with Crippen LogP contribution in [0.3, 0.4) is 0 Å². The molecular formula is C18H33N5O8. The number of carboxylic acid groups (broad SMARTS) is 1. The number of aliphatic carboxylic acids is 1. The number of nitrogens with two attached hydrogens (primary N) is 2. The summed E-state index contributed by atoms with van der Waals surface area (Å²) in [6, 6.07) is -5.47. The van der Waals surface area contributed by atoms with Crippen LogP contribution in [0.5, 0.6) is 0 Å². The van der Waals surface area contributed by atoms with E-state index in [1.807, 2.05) is 0 Å². The number of primary amides is 1. The van der Waals surface area contributed by atoms with E-state index in [4.69, 9.17) is 11.5 Å². The van der Waals surface area contributed by atoms with E-state index in [0.717, 1.165) is 0 Å². The maximum absolute atomic E-state index is 12.5. The van der Waals surface area contributed by atoms with Gasteiger partial charge in [-0.3, -0.25) is 19.2 Å². The summed E-state index contributed by atoms with van der Waals surface area (Å²) in [7, 11) is 0. The minimum Gasteiger partial charge on any atom is -0.480 e. The number of carbonyl (C=O) groups excluding carboxylic acids is 4. The second-order valence-corrected chi connectivity index (χ2v) is 7.29. The van der Waals surface area contributed by atoms with E-state index < -0.39 is 72.4 Å². The molecule has 0 aromatic carbocycles. The highest BCUT2D eigenvalue weighted by Crippen LogP contribution is 2.09. The molecule has 6 unspecified atom stereocenters. The number of aliphatic hydroxyl groups excluding tert-OH is 2. The standard InChI is InChI=1S/C18H33N5O8/c1-4-8(2)13(18(30)31)22-17(29)14(9(3)25)23-16(28)11(7-24)21-15(27)10(19)5-6-12(20)26/h8-11,13-14,24-25H,4-7,19H2,1-3H3,(H2,20,26)(H,21,27)(H,22,29)(H,23,28)(H,30,31). The molecule has 0 saturated heterocycles. The molecule has 31 heavy (non-hydrogen) atoms. The van der Waals surface area contributed by atoms with Crippen LogP contribution in [0.15, 0.2) is 0 Å². The van der Waals surface area contributed by atoms with Gasteiger partial charge in [0.25, 0.3) is 0 Å². The van der Waals surface area contributed by atoms with Crippen molar-refractivity contribution in [2.24, 2.45) is 17.4 Å². The van der Waals surface area contributed by atoms with E-state index >= 15 is 0 Å². The average molecular weight is 447 g/mol. The third kappa shape index (κ3) is 9.72. The first-order valence-electron chi connectivity index (χ1n) is 9.82.